The van der Waals surface area contributed by atoms with Gasteiger partial charge in [0.05, 0.1) is 23.0 Å². The van der Waals surface area contributed by atoms with Crippen molar-refractivity contribution in [3.05, 3.63) is 46.8 Å². The molecule has 0 amide bonds. The zero-order valence-electron chi connectivity index (χ0n) is 13.3. The van der Waals surface area contributed by atoms with Crippen molar-refractivity contribution in [2.75, 3.05) is 0 Å². The van der Waals surface area contributed by atoms with Crippen LogP contribution in [0, 0.1) is 13.8 Å². The Bertz CT molecular complexity index is 657. The van der Waals surface area contributed by atoms with E-state index in [1.807, 2.05) is 43.7 Å². The van der Waals surface area contributed by atoms with Crippen LogP contribution in [0.25, 0.3) is 5.69 Å². The average Bonchev–Trinajstić information content (AvgIpc) is 2.73. The van der Waals surface area contributed by atoms with Crippen LogP contribution in [0.5, 0.6) is 0 Å². The fraction of sp³-hybridized carbons (Fsp3) is 0.412. The predicted octanol–water partition coefficient (Wildman–Crippen LogP) is 3.62. The SMILES string of the molecule is CCc1c(C)nn(-c2cccc(C(=O)OC(C)C)c2)c1C. The molecular formula is C17H22N2O2. The first-order valence-electron chi connectivity index (χ1n) is 7.30. The Kier molecular flexibility index (Phi) is 4.46. The normalized spacial score (nSPS) is 11.0. The molecule has 1 aromatic heterocycles. The van der Waals surface area contributed by atoms with Crippen LogP contribution in [-0.2, 0) is 11.2 Å². The Labute approximate surface area is 125 Å². The van der Waals surface area contributed by atoms with Crippen molar-refractivity contribution in [2.24, 2.45) is 0 Å². The maximum atomic E-state index is 12.0. The molecular weight excluding hydrogens is 264 g/mol. The maximum absolute atomic E-state index is 12.0. The molecule has 0 radical (unpaired) electrons. The summed E-state index contributed by atoms with van der Waals surface area (Å²) in [7, 11) is 0. The number of esters is 1. The first-order valence-corrected chi connectivity index (χ1v) is 7.30. The summed E-state index contributed by atoms with van der Waals surface area (Å²) < 4.78 is 7.13. The van der Waals surface area contributed by atoms with Crippen LogP contribution in [0.15, 0.2) is 24.3 Å². The van der Waals surface area contributed by atoms with Gasteiger partial charge in [0.1, 0.15) is 0 Å². The van der Waals surface area contributed by atoms with Crippen LogP contribution < -0.4 is 0 Å². The molecule has 4 nitrogen and oxygen atoms in total. The third-order valence-electron chi connectivity index (χ3n) is 3.46. The molecule has 0 N–H and O–H groups in total. The molecule has 0 unspecified atom stereocenters. The van der Waals surface area contributed by atoms with Crippen molar-refractivity contribution in [3.63, 3.8) is 0 Å². The van der Waals surface area contributed by atoms with Crippen molar-refractivity contribution in [3.8, 4) is 5.69 Å². The first kappa shape index (κ1) is 15.3. The predicted molar refractivity (Wildman–Crippen MR) is 83.0 cm³/mol. The molecule has 0 aliphatic heterocycles. The summed E-state index contributed by atoms with van der Waals surface area (Å²) >= 11 is 0. The minimum absolute atomic E-state index is 0.124. The van der Waals surface area contributed by atoms with E-state index in [2.05, 4.69) is 18.9 Å². The van der Waals surface area contributed by atoms with Gasteiger partial charge in [-0.15, -0.1) is 0 Å². The monoisotopic (exact) mass is 286 g/mol. The van der Waals surface area contributed by atoms with Crippen molar-refractivity contribution >= 4 is 5.97 Å². The topological polar surface area (TPSA) is 44.1 Å². The largest absolute Gasteiger partial charge is 0.459 e. The van der Waals surface area contributed by atoms with Gasteiger partial charge in [0.15, 0.2) is 0 Å². The summed E-state index contributed by atoms with van der Waals surface area (Å²) in [5.41, 5.74) is 4.83. The zero-order valence-corrected chi connectivity index (χ0v) is 13.3. The highest BCUT2D eigenvalue weighted by Gasteiger charge is 2.14. The van der Waals surface area contributed by atoms with Gasteiger partial charge in [-0.05, 0) is 57.9 Å². The third kappa shape index (κ3) is 3.15. The van der Waals surface area contributed by atoms with E-state index in [1.165, 1.54) is 5.56 Å². The van der Waals surface area contributed by atoms with E-state index in [0.29, 0.717) is 5.56 Å². The summed E-state index contributed by atoms with van der Waals surface area (Å²) in [6.07, 6.45) is 0.828. The number of aryl methyl sites for hydroxylation is 1. The quantitative estimate of drug-likeness (QED) is 0.806. The smallest absolute Gasteiger partial charge is 0.338 e. The second-order valence-electron chi connectivity index (χ2n) is 5.42. The molecule has 0 aliphatic rings. The minimum atomic E-state index is -0.302. The summed E-state index contributed by atoms with van der Waals surface area (Å²) in [6, 6.07) is 7.39. The Morgan fingerprint density at radius 1 is 1.33 bits per heavy atom. The lowest BCUT2D eigenvalue weighted by atomic mass is 10.1. The van der Waals surface area contributed by atoms with Gasteiger partial charge in [0.25, 0.3) is 0 Å². The zero-order chi connectivity index (χ0) is 15.6. The van der Waals surface area contributed by atoms with E-state index in [1.54, 1.807) is 6.07 Å². The Hall–Kier alpha value is -2.10. The second-order valence-corrected chi connectivity index (χ2v) is 5.42. The minimum Gasteiger partial charge on any atom is -0.459 e. The van der Waals surface area contributed by atoms with E-state index in [9.17, 15) is 4.79 Å². The molecule has 0 fully saturated rings. The van der Waals surface area contributed by atoms with Crippen LogP contribution >= 0.6 is 0 Å². The maximum Gasteiger partial charge on any atom is 0.338 e. The number of hydrogen-bond donors (Lipinski definition) is 0. The lowest BCUT2D eigenvalue weighted by Crippen LogP contribution is -2.12. The van der Waals surface area contributed by atoms with E-state index in [0.717, 1.165) is 23.5 Å². The average molecular weight is 286 g/mol. The lowest BCUT2D eigenvalue weighted by molar-refractivity contribution is 0.0378. The highest BCUT2D eigenvalue weighted by molar-refractivity contribution is 5.90. The summed E-state index contributed by atoms with van der Waals surface area (Å²) in [5, 5.41) is 4.58. The molecule has 0 aliphatic carbocycles. The number of rotatable bonds is 4. The van der Waals surface area contributed by atoms with Gasteiger partial charge in [0.2, 0.25) is 0 Å². The molecule has 4 heteroatoms. The molecule has 0 saturated heterocycles. The van der Waals surface area contributed by atoms with Crippen molar-refractivity contribution < 1.29 is 9.53 Å². The number of ether oxygens (including phenoxy) is 1. The van der Waals surface area contributed by atoms with Gasteiger partial charge in [-0.25, -0.2) is 9.48 Å². The van der Waals surface area contributed by atoms with Crippen LogP contribution in [-0.4, -0.2) is 21.9 Å². The van der Waals surface area contributed by atoms with Gasteiger partial charge in [-0.3, -0.25) is 0 Å². The molecule has 2 rings (SSSR count). The Morgan fingerprint density at radius 3 is 2.62 bits per heavy atom. The van der Waals surface area contributed by atoms with Gasteiger partial charge >= 0.3 is 5.97 Å². The summed E-state index contributed by atoms with van der Waals surface area (Å²) in [5.74, 6) is -0.302. The first-order chi connectivity index (χ1) is 9.93. The number of carbonyl (C=O) groups is 1. The standard InChI is InChI=1S/C17H22N2O2/c1-6-16-12(4)18-19(13(16)5)15-9-7-8-14(10-15)17(20)21-11(2)3/h7-11H,6H2,1-5H3. The second kappa shape index (κ2) is 6.12. The van der Waals surface area contributed by atoms with E-state index in [4.69, 9.17) is 4.74 Å². The van der Waals surface area contributed by atoms with E-state index in [-0.39, 0.29) is 12.1 Å². The van der Waals surface area contributed by atoms with Crippen LogP contribution in [0.1, 0.15) is 48.1 Å². The van der Waals surface area contributed by atoms with Crippen LogP contribution in [0.4, 0.5) is 0 Å². The van der Waals surface area contributed by atoms with Crippen molar-refractivity contribution in [2.45, 2.75) is 47.1 Å². The van der Waals surface area contributed by atoms with Gasteiger partial charge in [-0.1, -0.05) is 13.0 Å². The van der Waals surface area contributed by atoms with Gasteiger partial charge < -0.3 is 4.74 Å². The number of aromatic nitrogens is 2. The molecule has 1 heterocycles. The fourth-order valence-corrected chi connectivity index (χ4v) is 2.48. The number of nitrogens with zero attached hydrogens (tertiary/aromatic N) is 2. The summed E-state index contributed by atoms with van der Waals surface area (Å²) in [4.78, 5) is 12.0. The number of benzene rings is 1. The molecule has 0 bridgehead atoms. The molecule has 0 atom stereocenters. The molecule has 1 aromatic carbocycles. The molecule has 0 saturated carbocycles. The molecule has 112 valence electrons. The molecule has 21 heavy (non-hydrogen) atoms. The Balaban J connectivity index is 2.40. The Morgan fingerprint density at radius 2 is 2.05 bits per heavy atom. The lowest BCUT2D eigenvalue weighted by Gasteiger charge is -2.10. The third-order valence-corrected chi connectivity index (χ3v) is 3.46. The van der Waals surface area contributed by atoms with Crippen molar-refractivity contribution in [1.82, 2.24) is 9.78 Å². The van der Waals surface area contributed by atoms with Gasteiger partial charge in [0, 0.05) is 5.69 Å². The van der Waals surface area contributed by atoms with Gasteiger partial charge in [-0.2, -0.15) is 5.10 Å². The number of hydrogen-bond acceptors (Lipinski definition) is 3. The summed E-state index contributed by atoms with van der Waals surface area (Å²) in [6.45, 7) is 9.88. The number of carbonyl (C=O) groups excluding carboxylic acids is 1. The van der Waals surface area contributed by atoms with Crippen LogP contribution in [0.3, 0.4) is 0 Å². The molecule has 0 spiro atoms. The van der Waals surface area contributed by atoms with E-state index >= 15 is 0 Å². The highest BCUT2D eigenvalue weighted by Crippen LogP contribution is 2.19. The van der Waals surface area contributed by atoms with E-state index < -0.39 is 0 Å². The van der Waals surface area contributed by atoms with Crippen LogP contribution in [0.2, 0.25) is 0 Å². The van der Waals surface area contributed by atoms with Crippen molar-refractivity contribution in [1.29, 1.82) is 0 Å². The highest BCUT2D eigenvalue weighted by atomic mass is 16.5. The fourth-order valence-electron chi connectivity index (χ4n) is 2.48. The molecule has 2 aromatic rings.